The second-order valence-electron chi connectivity index (χ2n) is 7.84. The Morgan fingerprint density at radius 1 is 1.29 bits per heavy atom. The van der Waals surface area contributed by atoms with Crippen LogP contribution >= 0.6 is 24.0 Å². The van der Waals surface area contributed by atoms with Crippen molar-refractivity contribution in [3.05, 3.63) is 0 Å². The predicted octanol–water partition coefficient (Wildman–Crippen LogP) is 1.77. The topological polar surface area (TPSA) is 61.4 Å². The lowest BCUT2D eigenvalue weighted by Crippen LogP contribution is -2.51. The molecule has 2 fully saturated rings. The number of likely N-dealkylation sites (tertiary alicyclic amines) is 1. The van der Waals surface area contributed by atoms with Crippen molar-refractivity contribution in [2.75, 3.05) is 66.2 Å². The van der Waals surface area contributed by atoms with E-state index in [4.69, 9.17) is 14.5 Å². The van der Waals surface area contributed by atoms with Crippen LogP contribution in [0.5, 0.6) is 0 Å². The van der Waals surface area contributed by atoms with Gasteiger partial charge in [-0.2, -0.15) is 0 Å². The fourth-order valence-corrected chi connectivity index (χ4v) is 3.97. The lowest BCUT2D eigenvalue weighted by Gasteiger charge is -2.37. The quantitative estimate of drug-likeness (QED) is 0.213. The third-order valence-electron chi connectivity index (χ3n) is 5.59. The van der Waals surface area contributed by atoms with Gasteiger partial charge in [-0.05, 0) is 40.0 Å². The maximum Gasteiger partial charge on any atom is 0.191 e. The van der Waals surface area contributed by atoms with Gasteiger partial charge in [0.25, 0.3) is 0 Å². The van der Waals surface area contributed by atoms with E-state index in [1.807, 2.05) is 0 Å². The minimum atomic E-state index is 0. The Hall–Kier alpha value is -0.160. The SMILES string of the molecule is CCNC(=NCC(C)N1CCOCC1C)NC1CCN(CCCOC)CC1.I. The molecule has 8 heteroatoms. The van der Waals surface area contributed by atoms with Gasteiger partial charge < -0.3 is 25.0 Å². The number of aliphatic imine (C=N–C) groups is 1. The molecule has 166 valence electrons. The van der Waals surface area contributed by atoms with Crippen LogP contribution in [0.4, 0.5) is 0 Å². The number of guanidine groups is 1. The van der Waals surface area contributed by atoms with Gasteiger partial charge in [0.05, 0.1) is 19.8 Å². The summed E-state index contributed by atoms with van der Waals surface area (Å²) in [6, 6.07) is 1.42. The number of halogens is 1. The van der Waals surface area contributed by atoms with Crippen molar-refractivity contribution >= 4 is 29.9 Å². The summed E-state index contributed by atoms with van der Waals surface area (Å²) >= 11 is 0. The molecular weight excluding hydrogens is 469 g/mol. The highest BCUT2D eigenvalue weighted by atomic mass is 127. The van der Waals surface area contributed by atoms with Crippen LogP contribution < -0.4 is 10.6 Å². The first-order chi connectivity index (χ1) is 13.1. The van der Waals surface area contributed by atoms with Gasteiger partial charge in [0.15, 0.2) is 5.96 Å². The first-order valence-corrected chi connectivity index (χ1v) is 10.7. The summed E-state index contributed by atoms with van der Waals surface area (Å²) in [7, 11) is 1.78. The van der Waals surface area contributed by atoms with Crippen molar-refractivity contribution < 1.29 is 9.47 Å². The molecule has 0 aromatic heterocycles. The fraction of sp³-hybridized carbons (Fsp3) is 0.950. The minimum absolute atomic E-state index is 0. The lowest BCUT2D eigenvalue weighted by molar-refractivity contribution is -0.0165. The number of piperidine rings is 1. The van der Waals surface area contributed by atoms with Crippen LogP contribution in [-0.2, 0) is 9.47 Å². The molecule has 0 aromatic carbocycles. The number of nitrogens with one attached hydrogen (secondary N) is 2. The van der Waals surface area contributed by atoms with Gasteiger partial charge in [-0.25, -0.2) is 0 Å². The molecule has 0 aromatic rings. The summed E-state index contributed by atoms with van der Waals surface area (Å²) in [5, 5.41) is 7.08. The molecule has 2 aliphatic rings. The molecule has 0 bridgehead atoms. The smallest absolute Gasteiger partial charge is 0.191 e. The maximum atomic E-state index is 5.55. The second kappa shape index (κ2) is 14.8. The van der Waals surface area contributed by atoms with Gasteiger partial charge in [-0.1, -0.05) is 0 Å². The second-order valence-corrected chi connectivity index (χ2v) is 7.84. The normalized spacial score (nSPS) is 23.9. The third-order valence-corrected chi connectivity index (χ3v) is 5.59. The Bertz CT molecular complexity index is 433. The van der Waals surface area contributed by atoms with Crippen LogP contribution in [0.2, 0.25) is 0 Å². The van der Waals surface area contributed by atoms with E-state index < -0.39 is 0 Å². The first kappa shape index (κ1) is 25.9. The van der Waals surface area contributed by atoms with Gasteiger partial charge in [0.1, 0.15) is 0 Å². The molecule has 0 spiro atoms. The highest BCUT2D eigenvalue weighted by molar-refractivity contribution is 14.0. The standard InChI is InChI=1S/C20H41N5O2.HI/c1-5-21-20(22-15-17(2)25-12-14-27-16-18(25)3)23-19-7-10-24(11-8-19)9-6-13-26-4;/h17-19H,5-16H2,1-4H3,(H2,21,22,23);1H. The molecule has 0 aliphatic carbocycles. The predicted molar refractivity (Wildman–Crippen MR) is 127 cm³/mol. The highest BCUT2D eigenvalue weighted by Gasteiger charge is 2.24. The fourth-order valence-electron chi connectivity index (χ4n) is 3.97. The van der Waals surface area contributed by atoms with E-state index in [9.17, 15) is 0 Å². The Morgan fingerprint density at radius 2 is 2.04 bits per heavy atom. The number of nitrogens with zero attached hydrogens (tertiary/aromatic N) is 3. The van der Waals surface area contributed by atoms with E-state index in [-0.39, 0.29) is 24.0 Å². The van der Waals surface area contributed by atoms with E-state index in [2.05, 4.69) is 41.2 Å². The van der Waals surface area contributed by atoms with Crippen molar-refractivity contribution in [3.8, 4) is 0 Å². The summed E-state index contributed by atoms with van der Waals surface area (Å²) in [4.78, 5) is 9.93. The zero-order valence-corrected chi connectivity index (χ0v) is 20.6. The van der Waals surface area contributed by atoms with Crippen LogP contribution in [0, 0.1) is 0 Å². The van der Waals surface area contributed by atoms with Crippen molar-refractivity contribution in [2.24, 2.45) is 4.99 Å². The van der Waals surface area contributed by atoms with Crippen LogP contribution in [0.1, 0.15) is 40.0 Å². The van der Waals surface area contributed by atoms with Gasteiger partial charge in [-0.15, -0.1) is 24.0 Å². The molecule has 2 atom stereocenters. The zero-order chi connectivity index (χ0) is 19.5. The van der Waals surface area contributed by atoms with Gasteiger partial charge >= 0.3 is 0 Å². The Kier molecular flexibility index (Phi) is 13.6. The summed E-state index contributed by atoms with van der Waals surface area (Å²) in [6.45, 7) is 15.3. The van der Waals surface area contributed by atoms with Crippen molar-refractivity contribution in [1.29, 1.82) is 0 Å². The van der Waals surface area contributed by atoms with Gasteiger partial charge in [0, 0.05) is 64.6 Å². The molecule has 0 radical (unpaired) electrons. The number of ether oxygens (including phenoxy) is 2. The summed E-state index contributed by atoms with van der Waals surface area (Å²) < 4.78 is 10.7. The molecule has 2 rings (SSSR count). The summed E-state index contributed by atoms with van der Waals surface area (Å²) in [5.74, 6) is 0.961. The minimum Gasteiger partial charge on any atom is -0.385 e. The highest BCUT2D eigenvalue weighted by Crippen LogP contribution is 2.12. The molecule has 2 heterocycles. The number of morpholine rings is 1. The average molecular weight is 511 g/mol. The number of methoxy groups -OCH3 is 1. The van der Waals surface area contributed by atoms with E-state index >= 15 is 0 Å². The third kappa shape index (κ3) is 9.11. The molecular formula is C20H42IN5O2. The van der Waals surface area contributed by atoms with Crippen LogP contribution in [0.3, 0.4) is 0 Å². The molecule has 0 amide bonds. The number of hydrogen-bond acceptors (Lipinski definition) is 5. The van der Waals surface area contributed by atoms with Gasteiger partial charge in [0.2, 0.25) is 0 Å². The summed E-state index contributed by atoms with van der Waals surface area (Å²) in [6.07, 6.45) is 3.47. The van der Waals surface area contributed by atoms with E-state index in [1.165, 1.54) is 12.8 Å². The van der Waals surface area contributed by atoms with E-state index in [0.29, 0.717) is 18.1 Å². The summed E-state index contributed by atoms with van der Waals surface area (Å²) in [5.41, 5.74) is 0. The number of hydrogen-bond donors (Lipinski definition) is 2. The number of rotatable bonds is 9. The largest absolute Gasteiger partial charge is 0.385 e. The first-order valence-electron chi connectivity index (χ1n) is 10.7. The molecule has 2 N–H and O–H groups in total. The molecule has 28 heavy (non-hydrogen) atoms. The molecule has 7 nitrogen and oxygen atoms in total. The zero-order valence-electron chi connectivity index (χ0n) is 18.3. The Morgan fingerprint density at radius 3 is 2.68 bits per heavy atom. The Labute approximate surface area is 189 Å². The molecule has 2 aliphatic heterocycles. The monoisotopic (exact) mass is 511 g/mol. The molecule has 2 saturated heterocycles. The van der Waals surface area contributed by atoms with E-state index in [0.717, 1.165) is 71.5 Å². The van der Waals surface area contributed by atoms with Crippen molar-refractivity contribution in [1.82, 2.24) is 20.4 Å². The van der Waals surface area contributed by atoms with Crippen molar-refractivity contribution in [2.45, 2.75) is 58.2 Å². The Balaban J connectivity index is 0.00000392. The molecule has 2 unspecified atom stereocenters. The van der Waals surface area contributed by atoms with Crippen LogP contribution in [-0.4, -0.2) is 100 Å². The van der Waals surface area contributed by atoms with Crippen LogP contribution in [0.15, 0.2) is 4.99 Å². The lowest BCUT2D eigenvalue weighted by atomic mass is 10.1. The maximum absolute atomic E-state index is 5.55. The molecule has 0 saturated carbocycles. The van der Waals surface area contributed by atoms with Crippen LogP contribution in [0.25, 0.3) is 0 Å². The van der Waals surface area contributed by atoms with E-state index in [1.54, 1.807) is 7.11 Å². The van der Waals surface area contributed by atoms with Crippen molar-refractivity contribution in [3.63, 3.8) is 0 Å². The average Bonchev–Trinajstić information content (AvgIpc) is 2.68. The van der Waals surface area contributed by atoms with Gasteiger partial charge in [-0.3, -0.25) is 9.89 Å².